The molecule has 0 amide bonds. The monoisotopic (exact) mass is 191 g/mol. The van der Waals surface area contributed by atoms with Crippen LogP contribution in [0.1, 0.15) is 18.2 Å². The van der Waals surface area contributed by atoms with E-state index in [0.29, 0.717) is 17.7 Å². The van der Waals surface area contributed by atoms with E-state index in [1.165, 1.54) is 0 Å². The summed E-state index contributed by atoms with van der Waals surface area (Å²) in [6.07, 6.45) is -1.15. The van der Waals surface area contributed by atoms with E-state index in [9.17, 15) is 13.2 Å². The number of aromatic nitrogens is 2. The summed E-state index contributed by atoms with van der Waals surface area (Å²) in [6, 6.07) is 0. The van der Waals surface area contributed by atoms with Crippen molar-refractivity contribution in [3.63, 3.8) is 0 Å². The van der Waals surface area contributed by atoms with Crippen molar-refractivity contribution in [2.45, 2.75) is 33.0 Å². The first-order valence-corrected chi connectivity index (χ1v) is 3.94. The van der Waals surface area contributed by atoms with Crippen molar-refractivity contribution in [1.29, 1.82) is 0 Å². The summed E-state index contributed by atoms with van der Waals surface area (Å²) in [6.45, 7) is 2.48. The highest BCUT2D eigenvalue weighted by Gasteiger charge is 2.29. The highest BCUT2D eigenvalue weighted by atomic mass is 19.4. The Morgan fingerprint density at radius 3 is 2.54 bits per heavy atom. The molecule has 0 aliphatic heterocycles. The van der Waals surface area contributed by atoms with Crippen LogP contribution in [0.25, 0.3) is 0 Å². The Morgan fingerprint density at radius 1 is 1.46 bits per heavy atom. The molecule has 0 bridgehead atoms. The van der Waals surface area contributed by atoms with Crippen LogP contribution in [0.3, 0.4) is 0 Å². The standard InChI is InChI=1S/C8H10F3N2/c1-3-7-6(2)4-12-13(7)5-8(9,10)11/h3,5H2,1-2H3. The molecule has 5 heteroatoms. The van der Waals surface area contributed by atoms with E-state index in [0.717, 1.165) is 4.68 Å². The Balaban J connectivity index is 2.89. The molecule has 0 unspecified atom stereocenters. The minimum absolute atomic E-state index is 0.540. The topological polar surface area (TPSA) is 17.8 Å². The number of hydrogen-bond donors (Lipinski definition) is 0. The summed E-state index contributed by atoms with van der Waals surface area (Å²) < 4.78 is 36.9. The molecule has 1 rings (SSSR count). The van der Waals surface area contributed by atoms with Gasteiger partial charge >= 0.3 is 6.18 Å². The van der Waals surface area contributed by atoms with E-state index in [2.05, 4.69) is 11.3 Å². The number of halogens is 3. The van der Waals surface area contributed by atoms with Gasteiger partial charge in [-0.15, -0.1) is 0 Å². The number of alkyl halides is 3. The highest BCUT2D eigenvalue weighted by Crippen LogP contribution is 2.19. The lowest BCUT2D eigenvalue weighted by molar-refractivity contribution is -0.143. The summed E-state index contributed by atoms with van der Waals surface area (Å²) in [7, 11) is 0. The third-order valence-electron chi connectivity index (χ3n) is 1.75. The average molecular weight is 191 g/mol. The molecule has 0 saturated carbocycles. The molecule has 0 aliphatic rings. The molecule has 1 radical (unpaired) electrons. The molecule has 1 heterocycles. The maximum atomic E-state index is 12.0. The van der Waals surface area contributed by atoms with Crippen LogP contribution < -0.4 is 0 Å². The zero-order chi connectivity index (χ0) is 10.1. The first-order valence-electron chi connectivity index (χ1n) is 3.94. The molecule has 1 aromatic heterocycles. The van der Waals surface area contributed by atoms with Crippen molar-refractivity contribution in [1.82, 2.24) is 9.78 Å². The Bertz CT molecular complexity index is 288. The van der Waals surface area contributed by atoms with Gasteiger partial charge in [0.15, 0.2) is 0 Å². The number of nitrogens with zero attached hydrogens (tertiary/aromatic N) is 2. The molecule has 73 valence electrons. The van der Waals surface area contributed by atoms with Gasteiger partial charge in [0.05, 0.1) is 0 Å². The predicted octanol–water partition coefficient (Wildman–Crippen LogP) is 2.12. The fourth-order valence-electron chi connectivity index (χ4n) is 1.20. The Kier molecular flexibility index (Phi) is 2.63. The Hall–Kier alpha value is -1.00. The highest BCUT2D eigenvalue weighted by molar-refractivity contribution is 5.14. The SMILES string of the molecule is CCc1c(C)[c]nn1CC(F)(F)F. The van der Waals surface area contributed by atoms with Crippen LogP contribution in [0.4, 0.5) is 13.2 Å². The zero-order valence-corrected chi connectivity index (χ0v) is 7.44. The second kappa shape index (κ2) is 3.40. The van der Waals surface area contributed by atoms with E-state index in [1.807, 2.05) is 0 Å². The van der Waals surface area contributed by atoms with Gasteiger partial charge in [-0.2, -0.15) is 18.3 Å². The molecule has 0 aliphatic carbocycles. The van der Waals surface area contributed by atoms with Crippen molar-refractivity contribution in [2.24, 2.45) is 0 Å². The van der Waals surface area contributed by atoms with Crippen LogP contribution in [0, 0.1) is 13.1 Å². The molecule has 0 aromatic carbocycles. The second-order valence-corrected chi connectivity index (χ2v) is 2.81. The maximum Gasteiger partial charge on any atom is 0.408 e. The van der Waals surface area contributed by atoms with Crippen LogP contribution in [0.15, 0.2) is 0 Å². The van der Waals surface area contributed by atoms with Gasteiger partial charge in [-0.05, 0) is 18.9 Å². The first-order chi connectivity index (χ1) is 5.94. The van der Waals surface area contributed by atoms with Gasteiger partial charge in [-0.25, -0.2) is 0 Å². The van der Waals surface area contributed by atoms with Crippen molar-refractivity contribution in [3.05, 3.63) is 17.5 Å². The largest absolute Gasteiger partial charge is 0.408 e. The maximum absolute atomic E-state index is 12.0. The first kappa shape index (κ1) is 10.1. The van der Waals surface area contributed by atoms with Gasteiger partial charge < -0.3 is 0 Å². The van der Waals surface area contributed by atoms with Gasteiger partial charge in [0.1, 0.15) is 12.7 Å². The molecule has 0 spiro atoms. The van der Waals surface area contributed by atoms with Gasteiger partial charge in [-0.3, -0.25) is 4.68 Å². The molecule has 0 N–H and O–H groups in total. The minimum atomic E-state index is -4.21. The minimum Gasteiger partial charge on any atom is -0.259 e. The molecular formula is C8H10F3N2. The Labute approximate surface area is 74.4 Å². The summed E-state index contributed by atoms with van der Waals surface area (Å²) in [5, 5.41) is 3.54. The van der Waals surface area contributed by atoms with Gasteiger partial charge in [0, 0.05) is 5.69 Å². The van der Waals surface area contributed by atoms with E-state index >= 15 is 0 Å². The fraction of sp³-hybridized carbons (Fsp3) is 0.625. The molecular weight excluding hydrogens is 181 g/mol. The van der Waals surface area contributed by atoms with Gasteiger partial charge in [0.2, 0.25) is 0 Å². The summed E-state index contributed by atoms with van der Waals surface area (Å²) in [5.74, 6) is 0. The molecule has 0 atom stereocenters. The smallest absolute Gasteiger partial charge is 0.259 e. The summed E-state index contributed by atoms with van der Waals surface area (Å²) >= 11 is 0. The lowest BCUT2D eigenvalue weighted by Crippen LogP contribution is -2.20. The summed E-state index contributed by atoms with van der Waals surface area (Å²) in [5.41, 5.74) is 1.28. The molecule has 1 aromatic rings. The van der Waals surface area contributed by atoms with E-state index in [4.69, 9.17) is 0 Å². The lowest BCUT2D eigenvalue weighted by atomic mass is 10.2. The normalized spacial score (nSPS) is 12.1. The fourth-order valence-corrected chi connectivity index (χ4v) is 1.20. The van der Waals surface area contributed by atoms with Crippen molar-refractivity contribution in [3.8, 4) is 0 Å². The van der Waals surface area contributed by atoms with Crippen LogP contribution >= 0.6 is 0 Å². The third-order valence-corrected chi connectivity index (χ3v) is 1.75. The second-order valence-electron chi connectivity index (χ2n) is 2.81. The zero-order valence-electron chi connectivity index (χ0n) is 7.44. The van der Waals surface area contributed by atoms with E-state index < -0.39 is 12.7 Å². The molecule has 0 saturated heterocycles. The van der Waals surface area contributed by atoms with E-state index in [1.54, 1.807) is 13.8 Å². The van der Waals surface area contributed by atoms with Gasteiger partial charge in [0.25, 0.3) is 0 Å². The third kappa shape index (κ3) is 2.47. The van der Waals surface area contributed by atoms with Gasteiger partial charge in [-0.1, -0.05) is 6.92 Å². The number of hydrogen-bond acceptors (Lipinski definition) is 1. The van der Waals surface area contributed by atoms with Crippen LogP contribution in [-0.4, -0.2) is 16.0 Å². The summed E-state index contributed by atoms with van der Waals surface area (Å²) in [4.78, 5) is 0. The van der Waals surface area contributed by atoms with Crippen molar-refractivity contribution in [2.75, 3.05) is 0 Å². The number of rotatable bonds is 2. The van der Waals surface area contributed by atoms with Crippen LogP contribution in [-0.2, 0) is 13.0 Å². The lowest BCUT2D eigenvalue weighted by Gasteiger charge is -2.09. The quantitative estimate of drug-likeness (QED) is 0.700. The van der Waals surface area contributed by atoms with Crippen LogP contribution in [0.5, 0.6) is 0 Å². The molecule has 13 heavy (non-hydrogen) atoms. The Morgan fingerprint density at radius 2 is 2.08 bits per heavy atom. The van der Waals surface area contributed by atoms with Crippen LogP contribution in [0.2, 0.25) is 0 Å². The van der Waals surface area contributed by atoms with E-state index in [-0.39, 0.29) is 0 Å². The average Bonchev–Trinajstić information content (AvgIpc) is 2.28. The molecule has 0 fully saturated rings. The van der Waals surface area contributed by atoms with Crippen molar-refractivity contribution < 1.29 is 13.2 Å². The van der Waals surface area contributed by atoms with Crippen molar-refractivity contribution >= 4 is 0 Å². The number of aryl methyl sites for hydroxylation is 1. The predicted molar refractivity (Wildman–Crippen MR) is 41.2 cm³/mol. The molecule has 2 nitrogen and oxygen atoms in total.